The van der Waals surface area contributed by atoms with E-state index in [0.717, 1.165) is 30.4 Å². The number of hydrogen-bond donors (Lipinski definition) is 2. The minimum atomic E-state index is -0.395. The highest BCUT2D eigenvalue weighted by molar-refractivity contribution is 14.1. The number of alkyl halides is 1. The van der Waals surface area contributed by atoms with E-state index in [1.807, 2.05) is 23.1 Å². The lowest BCUT2D eigenvalue weighted by molar-refractivity contribution is 0.164. The summed E-state index contributed by atoms with van der Waals surface area (Å²) in [6.07, 6.45) is 2.21. The predicted molar refractivity (Wildman–Crippen MR) is 81.3 cm³/mol. The number of rotatable bonds is 3. The van der Waals surface area contributed by atoms with Crippen molar-refractivity contribution in [2.24, 2.45) is 5.92 Å². The van der Waals surface area contributed by atoms with E-state index in [1.54, 1.807) is 0 Å². The van der Waals surface area contributed by atoms with Gasteiger partial charge in [0, 0.05) is 13.1 Å². The van der Waals surface area contributed by atoms with Crippen LogP contribution in [0.1, 0.15) is 30.1 Å². The molecule has 0 spiro atoms. The molecule has 1 aliphatic carbocycles. The summed E-state index contributed by atoms with van der Waals surface area (Å²) in [7, 11) is 0. The van der Waals surface area contributed by atoms with Gasteiger partial charge >= 0.3 is 0 Å². The van der Waals surface area contributed by atoms with Crippen molar-refractivity contribution in [3.05, 3.63) is 29.3 Å². The predicted octanol–water partition coefficient (Wildman–Crippen LogP) is 2.66. The molecule has 1 aromatic rings. The van der Waals surface area contributed by atoms with Crippen LogP contribution < -0.4 is 10.1 Å². The van der Waals surface area contributed by atoms with Crippen LogP contribution in [-0.4, -0.2) is 23.2 Å². The van der Waals surface area contributed by atoms with Gasteiger partial charge < -0.3 is 15.2 Å². The fraction of sp³-hybridized carbons (Fsp3) is 0.571. The second-order valence-corrected chi connectivity index (χ2v) is 4.76. The van der Waals surface area contributed by atoms with Gasteiger partial charge in [-0.25, -0.2) is 0 Å². The van der Waals surface area contributed by atoms with Crippen LogP contribution in [-0.2, 0) is 6.54 Å². The Morgan fingerprint density at radius 2 is 2.17 bits per heavy atom. The van der Waals surface area contributed by atoms with Crippen molar-refractivity contribution in [2.45, 2.75) is 25.5 Å². The van der Waals surface area contributed by atoms with Crippen LogP contribution in [0.3, 0.4) is 0 Å². The van der Waals surface area contributed by atoms with E-state index in [4.69, 9.17) is 4.74 Å². The number of halogens is 1. The molecule has 1 heterocycles. The van der Waals surface area contributed by atoms with Gasteiger partial charge in [0.25, 0.3) is 0 Å². The Hall–Kier alpha value is -0.330. The highest BCUT2D eigenvalue weighted by Gasteiger charge is 2.22. The second kappa shape index (κ2) is 6.73. The normalized spacial score (nSPS) is 21.6. The molecule has 3 rings (SSSR count). The van der Waals surface area contributed by atoms with Gasteiger partial charge in [-0.1, -0.05) is 28.7 Å². The summed E-state index contributed by atoms with van der Waals surface area (Å²) in [6, 6.07) is 6.04. The number of fused-ring (bicyclic) bond motifs is 1. The lowest BCUT2D eigenvalue weighted by Crippen LogP contribution is -2.27. The van der Waals surface area contributed by atoms with Crippen LogP contribution in [0.2, 0.25) is 0 Å². The van der Waals surface area contributed by atoms with Crippen LogP contribution >= 0.6 is 22.6 Å². The highest BCUT2D eigenvalue weighted by Crippen LogP contribution is 2.31. The van der Waals surface area contributed by atoms with Crippen molar-refractivity contribution in [2.75, 3.05) is 18.1 Å². The van der Waals surface area contributed by atoms with E-state index < -0.39 is 6.10 Å². The third-order valence-electron chi connectivity index (χ3n) is 3.31. The number of hydrogen-bond acceptors (Lipinski definition) is 3. The van der Waals surface area contributed by atoms with Crippen molar-refractivity contribution >= 4 is 22.6 Å². The van der Waals surface area contributed by atoms with Crippen molar-refractivity contribution in [1.82, 2.24) is 5.32 Å². The number of aliphatic hydroxyl groups excluding tert-OH is 1. The molecule has 3 nitrogen and oxygen atoms in total. The molecule has 0 saturated heterocycles. The third-order valence-corrected chi connectivity index (χ3v) is 3.31. The lowest BCUT2D eigenvalue weighted by Gasteiger charge is -2.23. The first kappa shape index (κ1) is 14.1. The monoisotopic (exact) mass is 361 g/mol. The standard InChI is InChI=1S/C13H17NO2.CH3I/c15-13-7-14-6-10-3-4-11(5-12(10)13)16-8-9-1-2-9;1-2/h3-5,9,13-15H,1-2,6-8H2;1H3. The number of aliphatic hydroxyl groups is 1. The molecule has 2 aliphatic rings. The topological polar surface area (TPSA) is 41.5 Å². The summed E-state index contributed by atoms with van der Waals surface area (Å²) in [5.74, 6) is 1.66. The largest absolute Gasteiger partial charge is 0.493 e. The zero-order valence-corrected chi connectivity index (χ0v) is 12.8. The molecular weight excluding hydrogens is 341 g/mol. The van der Waals surface area contributed by atoms with E-state index in [2.05, 4.69) is 27.9 Å². The van der Waals surface area contributed by atoms with Crippen molar-refractivity contribution in [1.29, 1.82) is 0 Å². The smallest absolute Gasteiger partial charge is 0.119 e. The van der Waals surface area contributed by atoms with Gasteiger partial charge in [-0.2, -0.15) is 0 Å². The summed E-state index contributed by atoms with van der Waals surface area (Å²) >= 11 is 2.15. The van der Waals surface area contributed by atoms with Crippen molar-refractivity contribution in [3.63, 3.8) is 0 Å². The molecule has 18 heavy (non-hydrogen) atoms. The first-order chi connectivity index (χ1) is 8.83. The molecule has 0 amide bonds. The Bertz CT molecular complexity index is 393. The molecule has 1 saturated carbocycles. The quantitative estimate of drug-likeness (QED) is 0.643. The van der Waals surface area contributed by atoms with Crippen LogP contribution in [0.4, 0.5) is 0 Å². The minimum Gasteiger partial charge on any atom is -0.493 e. The SMILES string of the molecule is CI.OC1CNCc2ccc(OCC3CC3)cc21. The second-order valence-electron chi connectivity index (χ2n) is 4.76. The first-order valence-electron chi connectivity index (χ1n) is 6.35. The van der Waals surface area contributed by atoms with E-state index in [9.17, 15) is 5.11 Å². The Balaban J connectivity index is 0.000000574. The summed E-state index contributed by atoms with van der Waals surface area (Å²) in [5.41, 5.74) is 2.20. The Morgan fingerprint density at radius 1 is 1.39 bits per heavy atom. The summed E-state index contributed by atoms with van der Waals surface area (Å²) in [4.78, 5) is 1.97. The van der Waals surface area contributed by atoms with Crippen LogP contribution in [0.25, 0.3) is 0 Å². The maximum atomic E-state index is 9.86. The summed E-state index contributed by atoms with van der Waals surface area (Å²) in [6.45, 7) is 2.31. The molecule has 2 N–H and O–H groups in total. The number of benzene rings is 1. The highest BCUT2D eigenvalue weighted by atomic mass is 127. The fourth-order valence-corrected chi connectivity index (χ4v) is 2.09. The van der Waals surface area contributed by atoms with E-state index in [0.29, 0.717) is 6.54 Å². The fourth-order valence-electron chi connectivity index (χ4n) is 2.09. The number of ether oxygens (including phenoxy) is 1. The van der Waals surface area contributed by atoms with E-state index in [-0.39, 0.29) is 0 Å². The molecule has 1 aromatic carbocycles. The molecule has 100 valence electrons. The zero-order chi connectivity index (χ0) is 13.0. The van der Waals surface area contributed by atoms with E-state index >= 15 is 0 Å². The van der Waals surface area contributed by atoms with Gasteiger partial charge in [0.2, 0.25) is 0 Å². The Kier molecular flexibility index (Phi) is 5.26. The number of β-amino-alcohol motifs (C(OH)–C–C–N with tert-alkyl or cyclic N) is 1. The van der Waals surface area contributed by atoms with Gasteiger partial charge in [-0.15, -0.1) is 0 Å². The van der Waals surface area contributed by atoms with Gasteiger partial charge in [-0.05, 0) is 46.9 Å². The van der Waals surface area contributed by atoms with Gasteiger partial charge in [0.05, 0.1) is 12.7 Å². The minimum absolute atomic E-state index is 0.395. The van der Waals surface area contributed by atoms with Crippen molar-refractivity contribution in [3.8, 4) is 5.75 Å². The maximum Gasteiger partial charge on any atom is 0.119 e. The molecule has 0 radical (unpaired) electrons. The molecule has 4 heteroatoms. The van der Waals surface area contributed by atoms with Gasteiger partial charge in [0.15, 0.2) is 0 Å². The van der Waals surface area contributed by atoms with Gasteiger partial charge in [0.1, 0.15) is 5.75 Å². The zero-order valence-electron chi connectivity index (χ0n) is 10.7. The molecular formula is C14H20INO2. The molecule has 1 unspecified atom stereocenters. The average Bonchev–Trinajstić information content (AvgIpc) is 3.24. The van der Waals surface area contributed by atoms with Crippen molar-refractivity contribution < 1.29 is 9.84 Å². The third kappa shape index (κ3) is 3.59. The molecule has 1 atom stereocenters. The summed E-state index contributed by atoms with van der Waals surface area (Å²) in [5, 5.41) is 13.0. The molecule has 0 bridgehead atoms. The molecule has 1 aliphatic heterocycles. The van der Waals surface area contributed by atoms with Crippen LogP contribution in [0.5, 0.6) is 5.75 Å². The lowest BCUT2D eigenvalue weighted by atomic mass is 9.98. The Labute approximate surface area is 122 Å². The van der Waals surface area contributed by atoms with Crippen LogP contribution in [0, 0.1) is 5.92 Å². The Morgan fingerprint density at radius 3 is 2.89 bits per heavy atom. The molecule has 1 fully saturated rings. The molecule has 0 aromatic heterocycles. The summed E-state index contributed by atoms with van der Waals surface area (Å²) < 4.78 is 5.71. The van der Waals surface area contributed by atoms with Crippen LogP contribution in [0.15, 0.2) is 18.2 Å². The first-order valence-corrected chi connectivity index (χ1v) is 8.51. The van der Waals surface area contributed by atoms with E-state index in [1.165, 1.54) is 18.4 Å². The average molecular weight is 361 g/mol. The van der Waals surface area contributed by atoms with Gasteiger partial charge in [-0.3, -0.25) is 0 Å². The number of nitrogens with one attached hydrogen (secondary N) is 1. The maximum absolute atomic E-state index is 9.86.